The zero-order valence-corrected chi connectivity index (χ0v) is 23.4. The Balaban J connectivity index is 1.52. The molecule has 0 spiro atoms. The van der Waals surface area contributed by atoms with Crippen molar-refractivity contribution >= 4 is 11.7 Å². The highest BCUT2D eigenvalue weighted by atomic mass is 16.5. The number of nitrogens with one attached hydrogen (secondary N) is 1. The van der Waals surface area contributed by atoms with Gasteiger partial charge in [0.15, 0.2) is 0 Å². The standard InChI is InChI=1S/C33H33N5O3/c1-4-40-26-16-11-13-24(21-26)31-29-18-12-20-36(29)32-27(23(3)35-38(32)25-14-7-6-8-15-25)22-37(31)33(39)34-28-17-9-10-19-30(28)41-5-2/h6-21,31H,4-5,22H2,1-3H3,(H,34,39)/t31-/m0/s1. The fourth-order valence-corrected chi connectivity index (χ4v) is 5.48. The van der Waals surface area contributed by atoms with Gasteiger partial charge in [-0.3, -0.25) is 0 Å². The first-order valence-corrected chi connectivity index (χ1v) is 13.9. The lowest BCUT2D eigenvalue weighted by atomic mass is 10.0. The number of fused-ring (bicyclic) bond motifs is 3. The van der Waals surface area contributed by atoms with Crippen molar-refractivity contribution in [1.29, 1.82) is 0 Å². The minimum Gasteiger partial charge on any atom is -0.494 e. The topological polar surface area (TPSA) is 73.5 Å². The largest absolute Gasteiger partial charge is 0.494 e. The number of aromatic nitrogens is 3. The van der Waals surface area contributed by atoms with Gasteiger partial charge >= 0.3 is 6.03 Å². The lowest BCUT2D eigenvalue weighted by molar-refractivity contribution is 0.194. The Morgan fingerprint density at radius 1 is 0.927 bits per heavy atom. The number of hydrogen-bond donors (Lipinski definition) is 1. The average Bonchev–Trinajstić information content (AvgIpc) is 3.55. The van der Waals surface area contributed by atoms with Crippen molar-refractivity contribution in [3.63, 3.8) is 0 Å². The van der Waals surface area contributed by atoms with Crippen molar-refractivity contribution in [3.8, 4) is 23.0 Å². The summed E-state index contributed by atoms with van der Waals surface area (Å²) in [6, 6.07) is 29.0. The number of carbonyl (C=O) groups is 1. The van der Waals surface area contributed by atoms with E-state index in [9.17, 15) is 4.79 Å². The number of ether oxygens (including phenoxy) is 2. The summed E-state index contributed by atoms with van der Waals surface area (Å²) in [5, 5.41) is 8.07. The van der Waals surface area contributed by atoms with E-state index in [1.165, 1.54) is 0 Å². The van der Waals surface area contributed by atoms with Crippen LogP contribution in [-0.2, 0) is 6.54 Å². The normalized spacial score (nSPS) is 14.1. The van der Waals surface area contributed by atoms with Crippen LogP contribution in [0.25, 0.3) is 11.5 Å². The number of rotatable bonds is 7. The Bertz CT molecular complexity index is 1670. The molecule has 2 amide bonds. The smallest absolute Gasteiger partial charge is 0.323 e. The molecule has 0 bridgehead atoms. The van der Waals surface area contributed by atoms with Gasteiger partial charge in [-0.1, -0.05) is 42.5 Å². The van der Waals surface area contributed by atoms with Gasteiger partial charge in [-0.25, -0.2) is 9.48 Å². The Labute approximate surface area is 239 Å². The molecule has 3 heterocycles. The van der Waals surface area contributed by atoms with Crippen LogP contribution in [0.15, 0.2) is 97.2 Å². The van der Waals surface area contributed by atoms with Crippen LogP contribution in [0, 0.1) is 6.92 Å². The molecule has 208 valence electrons. The van der Waals surface area contributed by atoms with E-state index in [0.29, 0.717) is 31.2 Å². The van der Waals surface area contributed by atoms with Gasteiger partial charge in [-0.2, -0.15) is 5.10 Å². The first kappa shape index (κ1) is 26.3. The summed E-state index contributed by atoms with van der Waals surface area (Å²) in [7, 11) is 0. The van der Waals surface area contributed by atoms with Crippen LogP contribution in [-0.4, -0.2) is 38.5 Å². The van der Waals surface area contributed by atoms with Crippen LogP contribution < -0.4 is 14.8 Å². The van der Waals surface area contributed by atoms with Gasteiger partial charge in [0.2, 0.25) is 0 Å². The molecule has 0 fully saturated rings. The van der Waals surface area contributed by atoms with Crippen molar-refractivity contribution in [2.24, 2.45) is 0 Å². The quantitative estimate of drug-likeness (QED) is 0.240. The summed E-state index contributed by atoms with van der Waals surface area (Å²) >= 11 is 0. The molecule has 0 saturated heterocycles. The van der Waals surface area contributed by atoms with Gasteiger partial charge in [0.25, 0.3) is 0 Å². The Kier molecular flexibility index (Phi) is 7.20. The van der Waals surface area contributed by atoms with E-state index in [-0.39, 0.29) is 6.03 Å². The predicted molar refractivity (Wildman–Crippen MR) is 159 cm³/mol. The number of benzene rings is 3. The molecule has 0 aliphatic carbocycles. The summed E-state index contributed by atoms with van der Waals surface area (Å²) in [4.78, 5) is 16.2. The number of urea groups is 1. The Morgan fingerprint density at radius 2 is 1.71 bits per heavy atom. The minimum atomic E-state index is -0.402. The molecule has 6 rings (SSSR count). The number of aryl methyl sites for hydroxylation is 1. The van der Waals surface area contributed by atoms with E-state index in [2.05, 4.69) is 16.0 Å². The number of hydrogen-bond acceptors (Lipinski definition) is 4. The van der Waals surface area contributed by atoms with Crippen molar-refractivity contribution in [1.82, 2.24) is 19.2 Å². The number of amides is 2. The van der Waals surface area contributed by atoms with E-state index in [0.717, 1.165) is 39.8 Å². The summed E-state index contributed by atoms with van der Waals surface area (Å²) in [5.41, 5.74) is 5.31. The number of anilines is 1. The highest BCUT2D eigenvalue weighted by molar-refractivity contribution is 5.91. The van der Waals surface area contributed by atoms with E-state index in [4.69, 9.17) is 14.6 Å². The molecule has 41 heavy (non-hydrogen) atoms. The molecule has 1 atom stereocenters. The molecule has 1 aliphatic rings. The number of carbonyl (C=O) groups excluding carboxylic acids is 1. The third-order valence-electron chi connectivity index (χ3n) is 7.26. The first-order chi connectivity index (χ1) is 20.1. The molecule has 1 N–H and O–H groups in total. The van der Waals surface area contributed by atoms with E-state index in [1.807, 2.05) is 121 Å². The van der Waals surface area contributed by atoms with Crippen LogP contribution in [0.5, 0.6) is 11.5 Å². The van der Waals surface area contributed by atoms with Crippen molar-refractivity contribution in [3.05, 3.63) is 120 Å². The third kappa shape index (κ3) is 4.93. The highest BCUT2D eigenvalue weighted by Crippen LogP contribution is 2.40. The molecule has 5 aromatic rings. The average molecular weight is 548 g/mol. The van der Waals surface area contributed by atoms with Gasteiger partial charge in [-0.15, -0.1) is 0 Å². The lowest BCUT2D eigenvalue weighted by Gasteiger charge is -2.31. The zero-order chi connectivity index (χ0) is 28.3. The summed E-state index contributed by atoms with van der Waals surface area (Å²) in [5.74, 6) is 2.31. The number of nitrogens with zero attached hydrogens (tertiary/aromatic N) is 4. The van der Waals surface area contributed by atoms with Gasteiger partial charge in [0, 0.05) is 11.8 Å². The number of para-hydroxylation sites is 3. The SMILES string of the molecule is CCOc1cccc([C@H]2c3cccn3-c3c(c(C)nn3-c3ccccc3)CN2C(=O)Nc2ccccc2OCC)c1. The van der Waals surface area contributed by atoms with Crippen molar-refractivity contribution < 1.29 is 14.3 Å². The predicted octanol–water partition coefficient (Wildman–Crippen LogP) is 6.91. The van der Waals surface area contributed by atoms with Gasteiger partial charge in [-0.05, 0) is 74.9 Å². The maximum Gasteiger partial charge on any atom is 0.323 e. The summed E-state index contributed by atoms with van der Waals surface area (Å²) in [6.07, 6.45) is 2.04. The molecule has 8 heteroatoms. The molecule has 1 aliphatic heterocycles. The highest BCUT2D eigenvalue weighted by Gasteiger charge is 2.36. The Morgan fingerprint density at radius 3 is 2.51 bits per heavy atom. The lowest BCUT2D eigenvalue weighted by Crippen LogP contribution is -2.38. The van der Waals surface area contributed by atoms with E-state index >= 15 is 0 Å². The van der Waals surface area contributed by atoms with Gasteiger partial charge in [0.05, 0.1) is 48.6 Å². The van der Waals surface area contributed by atoms with Crippen LogP contribution in [0.1, 0.15) is 42.4 Å². The third-order valence-corrected chi connectivity index (χ3v) is 7.26. The first-order valence-electron chi connectivity index (χ1n) is 13.9. The minimum absolute atomic E-state index is 0.239. The zero-order valence-electron chi connectivity index (χ0n) is 23.4. The van der Waals surface area contributed by atoms with E-state index < -0.39 is 6.04 Å². The fraction of sp³-hybridized carbons (Fsp3) is 0.212. The van der Waals surface area contributed by atoms with Gasteiger partial charge in [0.1, 0.15) is 17.3 Å². The van der Waals surface area contributed by atoms with Crippen LogP contribution in [0.4, 0.5) is 10.5 Å². The molecule has 0 radical (unpaired) electrons. The second-order valence-corrected chi connectivity index (χ2v) is 9.83. The van der Waals surface area contributed by atoms with Crippen LogP contribution in [0.2, 0.25) is 0 Å². The summed E-state index contributed by atoms with van der Waals surface area (Å²) in [6.45, 7) is 7.30. The van der Waals surface area contributed by atoms with Crippen LogP contribution >= 0.6 is 0 Å². The molecule has 3 aromatic carbocycles. The Hall–Kier alpha value is -4.98. The maximum absolute atomic E-state index is 14.3. The van der Waals surface area contributed by atoms with Gasteiger partial charge < -0.3 is 24.3 Å². The molecule has 8 nitrogen and oxygen atoms in total. The van der Waals surface area contributed by atoms with Crippen LogP contribution in [0.3, 0.4) is 0 Å². The molecular weight excluding hydrogens is 514 g/mol. The molecule has 0 saturated carbocycles. The van der Waals surface area contributed by atoms with Crippen molar-refractivity contribution in [2.45, 2.75) is 33.4 Å². The summed E-state index contributed by atoms with van der Waals surface area (Å²) < 4.78 is 15.8. The molecule has 0 unspecified atom stereocenters. The maximum atomic E-state index is 14.3. The molecular formula is C33H33N5O3. The monoisotopic (exact) mass is 547 g/mol. The second kappa shape index (κ2) is 11.3. The van der Waals surface area contributed by atoms with E-state index in [1.54, 1.807) is 0 Å². The fourth-order valence-electron chi connectivity index (χ4n) is 5.48. The second-order valence-electron chi connectivity index (χ2n) is 9.83. The van der Waals surface area contributed by atoms with Crippen molar-refractivity contribution in [2.75, 3.05) is 18.5 Å². The molecule has 2 aromatic heterocycles.